The number of amides is 1. The highest BCUT2D eigenvalue weighted by molar-refractivity contribution is 5.95. The molecule has 0 spiro atoms. The number of rotatable bonds is 0. The van der Waals surface area contributed by atoms with Crippen molar-refractivity contribution in [2.24, 2.45) is 15.8 Å². The van der Waals surface area contributed by atoms with E-state index in [0.29, 0.717) is 0 Å². The minimum Gasteiger partial charge on any atom is -0.315 e. The standard InChI is InChI=1S/C5H7N5O/c6-10-2-9-3-4(10)7-1-8-5(3)11/h1-4H,6H2,(H,7,8,11). The lowest BCUT2D eigenvalue weighted by Gasteiger charge is -2.21. The fraction of sp³-hybridized carbons (Fsp3) is 0.400. The number of hydrogen-bond donors (Lipinski definition) is 2. The number of aliphatic imine (C=N–C) groups is 2. The first-order valence-corrected chi connectivity index (χ1v) is 3.17. The summed E-state index contributed by atoms with van der Waals surface area (Å²) >= 11 is 0. The minimum absolute atomic E-state index is 0.158. The molecule has 0 fully saturated rings. The largest absolute Gasteiger partial charge is 0.315 e. The van der Waals surface area contributed by atoms with Gasteiger partial charge in [-0.15, -0.1) is 0 Å². The Labute approximate surface area is 62.8 Å². The predicted molar refractivity (Wildman–Crippen MR) is 38.7 cm³/mol. The molecular weight excluding hydrogens is 146 g/mol. The molecule has 0 aromatic rings. The Hall–Kier alpha value is -1.43. The van der Waals surface area contributed by atoms with Crippen LogP contribution in [-0.4, -0.2) is 35.8 Å². The highest BCUT2D eigenvalue weighted by Gasteiger charge is 2.36. The Morgan fingerprint density at radius 1 is 1.64 bits per heavy atom. The molecule has 0 saturated carbocycles. The van der Waals surface area contributed by atoms with E-state index in [4.69, 9.17) is 5.84 Å². The summed E-state index contributed by atoms with van der Waals surface area (Å²) in [7, 11) is 0. The van der Waals surface area contributed by atoms with Gasteiger partial charge >= 0.3 is 0 Å². The second-order valence-corrected chi connectivity index (χ2v) is 2.36. The van der Waals surface area contributed by atoms with Crippen molar-refractivity contribution in [3.63, 3.8) is 0 Å². The van der Waals surface area contributed by atoms with E-state index in [1.54, 1.807) is 0 Å². The van der Waals surface area contributed by atoms with Crippen molar-refractivity contribution in [2.45, 2.75) is 12.2 Å². The molecule has 58 valence electrons. The first kappa shape index (κ1) is 6.29. The summed E-state index contributed by atoms with van der Waals surface area (Å²) in [5.41, 5.74) is 0. The summed E-state index contributed by atoms with van der Waals surface area (Å²) in [6, 6.07) is -0.468. The average molecular weight is 153 g/mol. The predicted octanol–water partition coefficient (Wildman–Crippen LogP) is -1.94. The van der Waals surface area contributed by atoms with Gasteiger partial charge < -0.3 is 5.32 Å². The van der Waals surface area contributed by atoms with Crippen molar-refractivity contribution in [2.75, 3.05) is 0 Å². The highest BCUT2D eigenvalue weighted by Crippen LogP contribution is 2.13. The number of carbonyl (C=O) groups is 1. The summed E-state index contributed by atoms with van der Waals surface area (Å²) in [6.07, 6.45) is 2.42. The van der Waals surface area contributed by atoms with Crippen molar-refractivity contribution in [3.05, 3.63) is 0 Å². The summed E-state index contributed by atoms with van der Waals surface area (Å²) in [6.45, 7) is 0. The van der Waals surface area contributed by atoms with Gasteiger partial charge in [0.15, 0.2) is 12.2 Å². The molecule has 0 aliphatic carbocycles. The van der Waals surface area contributed by atoms with Crippen LogP contribution in [0.2, 0.25) is 0 Å². The summed E-state index contributed by atoms with van der Waals surface area (Å²) < 4.78 is 0. The van der Waals surface area contributed by atoms with Gasteiger partial charge in [-0.3, -0.25) is 14.8 Å². The first-order valence-electron chi connectivity index (χ1n) is 3.17. The van der Waals surface area contributed by atoms with Gasteiger partial charge in [-0.25, -0.2) is 10.8 Å². The van der Waals surface area contributed by atoms with Crippen molar-refractivity contribution in [3.8, 4) is 0 Å². The highest BCUT2D eigenvalue weighted by atomic mass is 16.2. The van der Waals surface area contributed by atoms with Crippen LogP contribution in [0, 0.1) is 0 Å². The van der Waals surface area contributed by atoms with Crippen LogP contribution in [0.15, 0.2) is 9.98 Å². The maximum absolute atomic E-state index is 11.0. The maximum atomic E-state index is 11.0. The molecule has 1 amide bonds. The van der Waals surface area contributed by atoms with Gasteiger partial charge in [-0.05, 0) is 0 Å². The number of nitrogens with one attached hydrogen (secondary N) is 1. The topological polar surface area (TPSA) is 83.1 Å². The smallest absolute Gasteiger partial charge is 0.254 e. The molecule has 0 radical (unpaired) electrons. The summed E-state index contributed by atoms with van der Waals surface area (Å²) in [5, 5.41) is 3.77. The molecule has 2 heterocycles. The van der Waals surface area contributed by atoms with Crippen LogP contribution in [0.4, 0.5) is 0 Å². The molecule has 2 rings (SSSR count). The molecule has 6 nitrogen and oxygen atoms in total. The van der Waals surface area contributed by atoms with Crippen LogP contribution in [0.3, 0.4) is 0 Å². The zero-order valence-corrected chi connectivity index (χ0v) is 5.64. The first-order chi connectivity index (χ1) is 5.29. The molecule has 2 atom stereocenters. The van der Waals surface area contributed by atoms with Gasteiger partial charge in [-0.1, -0.05) is 0 Å². The molecule has 11 heavy (non-hydrogen) atoms. The monoisotopic (exact) mass is 153 g/mol. The third-order valence-corrected chi connectivity index (χ3v) is 1.65. The summed E-state index contributed by atoms with van der Waals surface area (Å²) in [5.74, 6) is 5.28. The van der Waals surface area contributed by atoms with E-state index in [1.807, 2.05) is 0 Å². The zero-order chi connectivity index (χ0) is 7.84. The van der Waals surface area contributed by atoms with Gasteiger partial charge in [0.1, 0.15) is 6.34 Å². The molecule has 2 unspecified atom stereocenters. The Kier molecular flexibility index (Phi) is 1.16. The van der Waals surface area contributed by atoms with Crippen molar-refractivity contribution in [1.82, 2.24) is 10.3 Å². The SMILES string of the molecule is NN1C=NC2C(=O)NC=NC21. The van der Waals surface area contributed by atoms with E-state index in [-0.39, 0.29) is 12.1 Å². The fourth-order valence-electron chi connectivity index (χ4n) is 1.08. The van der Waals surface area contributed by atoms with E-state index in [2.05, 4.69) is 15.3 Å². The fourth-order valence-corrected chi connectivity index (χ4v) is 1.08. The molecular formula is C5H7N5O. The molecule has 6 heteroatoms. The molecule has 0 bridgehead atoms. The van der Waals surface area contributed by atoms with Crippen molar-refractivity contribution in [1.29, 1.82) is 0 Å². The Morgan fingerprint density at radius 3 is 3.18 bits per heavy atom. The van der Waals surface area contributed by atoms with E-state index < -0.39 is 6.04 Å². The van der Waals surface area contributed by atoms with Crippen LogP contribution < -0.4 is 11.2 Å². The van der Waals surface area contributed by atoms with Gasteiger partial charge in [0.05, 0.1) is 6.34 Å². The van der Waals surface area contributed by atoms with Crippen LogP contribution in [0.1, 0.15) is 0 Å². The quantitative estimate of drug-likeness (QED) is 0.397. The lowest BCUT2D eigenvalue weighted by Crippen LogP contribution is -2.49. The third kappa shape index (κ3) is 0.795. The second kappa shape index (κ2) is 2.03. The molecule has 3 N–H and O–H groups in total. The Bertz CT molecular complexity index is 247. The normalized spacial score (nSPS) is 33.9. The molecule has 0 aromatic carbocycles. The van der Waals surface area contributed by atoms with Gasteiger partial charge in [0, 0.05) is 0 Å². The van der Waals surface area contributed by atoms with Crippen LogP contribution >= 0.6 is 0 Å². The van der Waals surface area contributed by atoms with E-state index >= 15 is 0 Å². The lowest BCUT2D eigenvalue weighted by atomic mass is 10.2. The number of hydrazine groups is 1. The van der Waals surface area contributed by atoms with Gasteiger partial charge in [-0.2, -0.15) is 0 Å². The molecule has 0 aromatic heterocycles. The number of carbonyl (C=O) groups excluding carboxylic acids is 1. The van der Waals surface area contributed by atoms with E-state index in [1.165, 1.54) is 17.7 Å². The zero-order valence-electron chi connectivity index (χ0n) is 5.64. The minimum atomic E-state index is -0.468. The van der Waals surface area contributed by atoms with Crippen LogP contribution in [0.25, 0.3) is 0 Å². The number of fused-ring (bicyclic) bond motifs is 1. The second-order valence-electron chi connectivity index (χ2n) is 2.36. The summed E-state index contributed by atoms with van der Waals surface area (Å²) in [4.78, 5) is 18.8. The van der Waals surface area contributed by atoms with Gasteiger partial charge in [0.2, 0.25) is 0 Å². The van der Waals surface area contributed by atoms with Crippen LogP contribution in [0.5, 0.6) is 0 Å². The molecule has 0 saturated heterocycles. The molecule has 2 aliphatic heterocycles. The Balaban J connectivity index is 2.29. The van der Waals surface area contributed by atoms with Crippen LogP contribution in [-0.2, 0) is 4.79 Å². The van der Waals surface area contributed by atoms with E-state index in [0.717, 1.165) is 0 Å². The maximum Gasteiger partial charge on any atom is 0.254 e. The third-order valence-electron chi connectivity index (χ3n) is 1.65. The number of hydrogen-bond acceptors (Lipinski definition) is 5. The van der Waals surface area contributed by atoms with E-state index in [9.17, 15) is 4.79 Å². The van der Waals surface area contributed by atoms with Gasteiger partial charge in [0.25, 0.3) is 5.91 Å². The lowest BCUT2D eigenvalue weighted by molar-refractivity contribution is -0.121. The van der Waals surface area contributed by atoms with Crippen molar-refractivity contribution < 1.29 is 4.79 Å². The average Bonchev–Trinajstić information content (AvgIpc) is 2.35. The molecule has 2 aliphatic rings. The number of nitrogens with zero attached hydrogens (tertiary/aromatic N) is 3. The van der Waals surface area contributed by atoms with Crippen molar-refractivity contribution >= 4 is 18.6 Å². The number of nitrogens with two attached hydrogens (primary N) is 1. The Morgan fingerprint density at radius 2 is 2.45 bits per heavy atom.